The minimum atomic E-state index is -4.22. The lowest BCUT2D eigenvalue weighted by atomic mass is 10.3. The number of benzene rings is 1. The van der Waals surface area contributed by atoms with Crippen LogP contribution >= 0.6 is 0 Å². The molecule has 0 aromatic heterocycles. The molecular weight excluding hydrogens is 303 g/mol. The molecule has 0 fully saturated rings. The average molecular weight is 312 g/mol. The molecule has 11 heteroatoms. The molecule has 0 radical (unpaired) electrons. The second kappa shape index (κ2) is 5.19. The predicted molar refractivity (Wildman–Crippen MR) is 63.1 cm³/mol. The number of nitro groups is 1. The van der Waals surface area contributed by atoms with Crippen molar-refractivity contribution in [2.75, 3.05) is 11.5 Å². The molecule has 0 saturated carbocycles. The van der Waals surface area contributed by atoms with Crippen molar-refractivity contribution in [2.24, 2.45) is 5.14 Å². The second-order valence-electron chi connectivity index (χ2n) is 3.56. The van der Waals surface area contributed by atoms with Crippen molar-refractivity contribution in [1.29, 1.82) is 0 Å². The Kier molecular flexibility index (Phi) is 4.22. The lowest BCUT2D eigenvalue weighted by molar-refractivity contribution is -0.385. The van der Waals surface area contributed by atoms with Crippen molar-refractivity contribution in [3.63, 3.8) is 0 Å². The smallest absolute Gasteiger partial charge is 0.258 e. The zero-order valence-electron chi connectivity index (χ0n) is 9.31. The largest absolute Gasteiger partial charge is 0.272 e. The zero-order valence-corrected chi connectivity index (χ0v) is 10.9. The van der Waals surface area contributed by atoms with Gasteiger partial charge in [-0.3, -0.25) is 10.1 Å². The summed E-state index contributed by atoms with van der Waals surface area (Å²) in [5, 5.41) is 15.0. The van der Waals surface area contributed by atoms with Crippen molar-refractivity contribution in [3.05, 3.63) is 34.1 Å². The van der Waals surface area contributed by atoms with E-state index < -0.39 is 52.7 Å². The summed E-state index contributed by atoms with van der Waals surface area (Å²) in [6, 6.07) is 1.97. The minimum Gasteiger partial charge on any atom is -0.258 e. The van der Waals surface area contributed by atoms with Gasteiger partial charge in [-0.2, -0.15) is 0 Å². The molecule has 0 heterocycles. The third-order valence-electron chi connectivity index (χ3n) is 2.10. The van der Waals surface area contributed by atoms with Gasteiger partial charge in [0.2, 0.25) is 10.0 Å². The summed E-state index contributed by atoms with van der Waals surface area (Å²) in [5.41, 5.74) is -0.608. The molecule has 0 saturated heterocycles. The standard InChI is InChI=1S/C8H9FN2O6S2/c9-7-5-6(11(12)13)1-2-8(7)18(14,15)3-4-19(10,16)17/h1-2,5H,3-4H2,(H2,10,16,17). The van der Waals surface area contributed by atoms with Gasteiger partial charge < -0.3 is 0 Å². The van der Waals surface area contributed by atoms with Crippen molar-refractivity contribution >= 4 is 25.5 Å². The van der Waals surface area contributed by atoms with E-state index in [0.29, 0.717) is 12.1 Å². The molecule has 0 amide bonds. The molecule has 8 nitrogen and oxygen atoms in total. The Morgan fingerprint density at radius 3 is 2.21 bits per heavy atom. The Labute approximate surface area is 108 Å². The predicted octanol–water partition coefficient (Wildman–Crippen LogP) is -0.204. The van der Waals surface area contributed by atoms with Crippen LogP contribution in [0, 0.1) is 15.9 Å². The van der Waals surface area contributed by atoms with E-state index in [9.17, 15) is 31.3 Å². The highest BCUT2D eigenvalue weighted by Gasteiger charge is 2.23. The third kappa shape index (κ3) is 4.22. The molecular formula is C8H9FN2O6S2. The number of sulfone groups is 1. The van der Waals surface area contributed by atoms with Gasteiger partial charge in [-0.05, 0) is 6.07 Å². The van der Waals surface area contributed by atoms with Crippen LogP contribution in [0.25, 0.3) is 0 Å². The number of hydrogen-bond donors (Lipinski definition) is 1. The number of rotatable bonds is 5. The summed E-state index contributed by atoms with van der Waals surface area (Å²) < 4.78 is 58.1. The Hall–Kier alpha value is -1.59. The maximum Gasteiger partial charge on any atom is 0.272 e. The van der Waals surface area contributed by atoms with Crippen molar-refractivity contribution in [1.82, 2.24) is 0 Å². The van der Waals surface area contributed by atoms with Gasteiger partial charge >= 0.3 is 0 Å². The van der Waals surface area contributed by atoms with E-state index in [-0.39, 0.29) is 0 Å². The van der Waals surface area contributed by atoms with Crippen LogP contribution in [0.3, 0.4) is 0 Å². The van der Waals surface area contributed by atoms with E-state index in [0.717, 1.165) is 6.07 Å². The van der Waals surface area contributed by atoms with Crippen LogP contribution < -0.4 is 5.14 Å². The summed E-state index contributed by atoms with van der Waals surface area (Å²) >= 11 is 0. The molecule has 0 spiro atoms. The van der Waals surface area contributed by atoms with Crippen LogP contribution in [0.15, 0.2) is 23.1 Å². The van der Waals surface area contributed by atoms with E-state index in [2.05, 4.69) is 5.14 Å². The van der Waals surface area contributed by atoms with Crippen LogP contribution in [-0.2, 0) is 19.9 Å². The number of nitrogens with zero attached hydrogens (tertiary/aromatic N) is 1. The van der Waals surface area contributed by atoms with Gasteiger partial charge in [-0.15, -0.1) is 0 Å². The average Bonchev–Trinajstić information content (AvgIpc) is 2.25. The van der Waals surface area contributed by atoms with Crippen LogP contribution in [0.2, 0.25) is 0 Å². The molecule has 2 N–H and O–H groups in total. The first-order valence-electron chi connectivity index (χ1n) is 4.70. The van der Waals surface area contributed by atoms with Gasteiger partial charge in [-0.25, -0.2) is 26.4 Å². The van der Waals surface area contributed by atoms with E-state index in [4.69, 9.17) is 0 Å². The summed E-state index contributed by atoms with van der Waals surface area (Å²) in [5.74, 6) is -3.09. The SMILES string of the molecule is NS(=O)(=O)CCS(=O)(=O)c1ccc([N+](=O)[O-])cc1F. The molecule has 0 aliphatic carbocycles. The van der Waals surface area contributed by atoms with E-state index in [1.54, 1.807) is 0 Å². The van der Waals surface area contributed by atoms with E-state index in [1.807, 2.05) is 0 Å². The lowest BCUT2D eigenvalue weighted by Gasteiger charge is -2.04. The van der Waals surface area contributed by atoms with Crippen molar-refractivity contribution < 1.29 is 26.1 Å². The van der Waals surface area contributed by atoms with Crippen LogP contribution in [0.1, 0.15) is 0 Å². The van der Waals surface area contributed by atoms with E-state index >= 15 is 0 Å². The first-order valence-corrected chi connectivity index (χ1v) is 8.07. The van der Waals surface area contributed by atoms with Crippen LogP contribution in [0.4, 0.5) is 10.1 Å². The normalized spacial score (nSPS) is 12.3. The Morgan fingerprint density at radius 1 is 1.21 bits per heavy atom. The molecule has 106 valence electrons. The van der Waals surface area contributed by atoms with Crippen molar-refractivity contribution in [3.8, 4) is 0 Å². The van der Waals surface area contributed by atoms with Crippen LogP contribution in [0.5, 0.6) is 0 Å². The Balaban J connectivity index is 3.12. The van der Waals surface area contributed by atoms with Gasteiger partial charge in [0.25, 0.3) is 5.69 Å². The maximum absolute atomic E-state index is 13.5. The zero-order chi connectivity index (χ0) is 14.8. The number of non-ortho nitro benzene ring substituents is 1. The quantitative estimate of drug-likeness (QED) is 0.590. The molecule has 1 aromatic rings. The van der Waals surface area contributed by atoms with E-state index in [1.165, 1.54) is 0 Å². The van der Waals surface area contributed by atoms with Gasteiger partial charge in [0.15, 0.2) is 9.84 Å². The first-order chi connectivity index (χ1) is 8.53. The van der Waals surface area contributed by atoms with Gasteiger partial charge in [0.05, 0.1) is 22.5 Å². The second-order valence-corrected chi connectivity index (χ2v) is 7.37. The fraction of sp³-hybridized carbons (Fsp3) is 0.250. The minimum absolute atomic E-state index is 0.448. The summed E-state index contributed by atoms with van der Waals surface area (Å²) in [6.45, 7) is 0. The molecule has 19 heavy (non-hydrogen) atoms. The maximum atomic E-state index is 13.5. The molecule has 0 unspecified atom stereocenters. The molecule has 1 rings (SSSR count). The summed E-state index contributed by atoms with van der Waals surface area (Å²) in [6.07, 6.45) is 0. The lowest BCUT2D eigenvalue weighted by Crippen LogP contribution is -2.23. The highest BCUT2D eigenvalue weighted by Crippen LogP contribution is 2.21. The summed E-state index contributed by atoms with van der Waals surface area (Å²) in [7, 11) is -8.23. The number of hydrogen-bond acceptors (Lipinski definition) is 6. The fourth-order valence-electron chi connectivity index (χ4n) is 1.19. The number of primary sulfonamides is 1. The first kappa shape index (κ1) is 15.5. The van der Waals surface area contributed by atoms with Gasteiger partial charge in [0, 0.05) is 6.07 Å². The Morgan fingerprint density at radius 2 is 1.79 bits per heavy atom. The molecule has 0 aliphatic rings. The topological polar surface area (TPSA) is 137 Å². The molecule has 0 aliphatic heterocycles. The Bertz CT molecular complexity index is 713. The summed E-state index contributed by atoms with van der Waals surface area (Å²) in [4.78, 5) is 8.68. The molecule has 0 atom stereocenters. The molecule has 1 aromatic carbocycles. The van der Waals surface area contributed by atoms with Gasteiger partial charge in [0.1, 0.15) is 10.7 Å². The number of halogens is 1. The number of nitrogens with two attached hydrogens (primary N) is 1. The van der Waals surface area contributed by atoms with Gasteiger partial charge in [-0.1, -0.05) is 0 Å². The molecule has 0 bridgehead atoms. The highest BCUT2D eigenvalue weighted by molar-refractivity contribution is 7.94. The highest BCUT2D eigenvalue weighted by atomic mass is 32.2. The van der Waals surface area contributed by atoms with Crippen molar-refractivity contribution in [2.45, 2.75) is 4.90 Å². The third-order valence-corrected chi connectivity index (χ3v) is 4.87. The fourth-order valence-corrected chi connectivity index (χ4v) is 3.85. The number of sulfonamides is 1. The number of nitro benzene ring substituents is 1. The van der Waals surface area contributed by atoms with Crippen LogP contribution in [-0.4, -0.2) is 33.3 Å². The monoisotopic (exact) mass is 312 g/mol.